The van der Waals surface area contributed by atoms with Crippen LogP contribution in [0.15, 0.2) is 81.7 Å². The first-order valence-electron chi connectivity index (χ1n) is 12.6. The average Bonchev–Trinajstić information content (AvgIpc) is 3.50. The lowest BCUT2D eigenvalue weighted by Gasteiger charge is -2.38. The Hall–Kier alpha value is -3.87. The van der Waals surface area contributed by atoms with Crippen molar-refractivity contribution in [3.8, 4) is 0 Å². The van der Waals surface area contributed by atoms with Gasteiger partial charge in [-0.05, 0) is 72.9 Å². The van der Waals surface area contributed by atoms with Gasteiger partial charge in [0.05, 0.1) is 23.7 Å². The molecule has 0 spiro atoms. The number of aromatic nitrogens is 1. The van der Waals surface area contributed by atoms with Crippen LogP contribution in [0, 0.1) is 13.8 Å². The van der Waals surface area contributed by atoms with Gasteiger partial charge in [0.25, 0.3) is 0 Å². The molecule has 38 heavy (non-hydrogen) atoms. The highest BCUT2D eigenvalue weighted by molar-refractivity contribution is 6.30. The maximum atomic E-state index is 13.7. The van der Waals surface area contributed by atoms with Gasteiger partial charge in [0.15, 0.2) is 0 Å². The largest absolute Gasteiger partial charge is 0.458 e. The number of carbonyl (C=O) groups is 1. The Labute approximate surface area is 225 Å². The monoisotopic (exact) mass is 526 g/mol. The van der Waals surface area contributed by atoms with Crippen molar-refractivity contribution in [3.05, 3.63) is 123 Å². The van der Waals surface area contributed by atoms with Crippen LogP contribution in [0.5, 0.6) is 0 Å². The SMILES string of the molecule is Cc1noc(C)c1C(O)c1cc2cc(CC(=O)N3CCc4cc(Cl)ccc4C3c3ccccc3)ccc2o1. The summed E-state index contributed by atoms with van der Waals surface area (Å²) in [5.41, 5.74) is 6.14. The highest BCUT2D eigenvalue weighted by Gasteiger charge is 2.32. The highest BCUT2D eigenvalue weighted by atomic mass is 35.5. The van der Waals surface area contributed by atoms with Gasteiger partial charge in [-0.25, -0.2) is 0 Å². The molecule has 1 aliphatic rings. The molecule has 7 heteroatoms. The van der Waals surface area contributed by atoms with Crippen molar-refractivity contribution in [3.63, 3.8) is 0 Å². The number of halogens is 1. The number of carbonyl (C=O) groups excluding carboxylic acids is 1. The van der Waals surface area contributed by atoms with Crippen molar-refractivity contribution in [1.82, 2.24) is 10.1 Å². The lowest BCUT2D eigenvalue weighted by atomic mass is 9.87. The van der Waals surface area contributed by atoms with Gasteiger partial charge in [0.2, 0.25) is 5.91 Å². The molecule has 0 bridgehead atoms. The molecule has 192 valence electrons. The lowest BCUT2D eigenvalue weighted by Crippen LogP contribution is -2.41. The summed E-state index contributed by atoms with van der Waals surface area (Å²) >= 11 is 6.28. The number of hydrogen-bond donors (Lipinski definition) is 1. The summed E-state index contributed by atoms with van der Waals surface area (Å²) < 4.78 is 11.1. The van der Waals surface area contributed by atoms with Gasteiger partial charge in [-0.3, -0.25) is 4.79 Å². The van der Waals surface area contributed by atoms with Crippen molar-refractivity contribution in [1.29, 1.82) is 0 Å². The maximum absolute atomic E-state index is 13.7. The molecule has 3 heterocycles. The molecule has 0 fully saturated rings. The maximum Gasteiger partial charge on any atom is 0.227 e. The van der Waals surface area contributed by atoms with Crippen LogP contribution < -0.4 is 0 Å². The van der Waals surface area contributed by atoms with Gasteiger partial charge in [-0.15, -0.1) is 0 Å². The average molecular weight is 527 g/mol. The molecule has 0 aliphatic carbocycles. The predicted octanol–water partition coefficient (Wildman–Crippen LogP) is 6.49. The Bertz CT molecular complexity index is 1620. The molecule has 0 saturated heterocycles. The second-order valence-corrected chi connectivity index (χ2v) is 10.3. The third kappa shape index (κ3) is 4.40. The Morgan fingerprint density at radius 3 is 2.68 bits per heavy atom. The second-order valence-electron chi connectivity index (χ2n) is 9.83. The molecule has 5 aromatic rings. The van der Waals surface area contributed by atoms with Crippen LogP contribution in [-0.4, -0.2) is 27.6 Å². The summed E-state index contributed by atoms with van der Waals surface area (Å²) in [6.07, 6.45) is 0.0383. The summed E-state index contributed by atoms with van der Waals surface area (Å²) in [6.45, 7) is 4.17. The number of aliphatic hydroxyl groups is 1. The van der Waals surface area contributed by atoms with E-state index in [0.717, 1.165) is 28.5 Å². The number of rotatable bonds is 5. The van der Waals surface area contributed by atoms with E-state index in [9.17, 15) is 9.90 Å². The first-order valence-corrected chi connectivity index (χ1v) is 13.0. The van der Waals surface area contributed by atoms with E-state index in [1.54, 1.807) is 13.8 Å². The van der Waals surface area contributed by atoms with E-state index in [1.807, 2.05) is 65.6 Å². The van der Waals surface area contributed by atoms with Gasteiger partial charge in [0, 0.05) is 17.0 Å². The zero-order valence-corrected chi connectivity index (χ0v) is 21.9. The Kier molecular flexibility index (Phi) is 6.30. The zero-order valence-electron chi connectivity index (χ0n) is 21.1. The van der Waals surface area contributed by atoms with Crippen molar-refractivity contribution in [2.75, 3.05) is 6.54 Å². The van der Waals surface area contributed by atoms with Crippen LogP contribution in [0.25, 0.3) is 11.0 Å². The van der Waals surface area contributed by atoms with E-state index < -0.39 is 6.10 Å². The van der Waals surface area contributed by atoms with Crippen molar-refractivity contribution in [2.24, 2.45) is 0 Å². The van der Waals surface area contributed by atoms with E-state index in [0.29, 0.717) is 39.9 Å². The minimum Gasteiger partial charge on any atom is -0.458 e. The normalized spacial score (nSPS) is 16.0. The van der Waals surface area contributed by atoms with E-state index in [4.69, 9.17) is 20.5 Å². The lowest BCUT2D eigenvalue weighted by molar-refractivity contribution is -0.132. The van der Waals surface area contributed by atoms with Crippen molar-refractivity contribution in [2.45, 2.75) is 38.8 Å². The number of nitrogens with zero attached hydrogens (tertiary/aromatic N) is 2. The Morgan fingerprint density at radius 2 is 1.92 bits per heavy atom. The summed E-state index contributed by atoms with van der Waals surface area (Å²) in [7, 11) is 0. The van der Waals surface area contributed by atoms with E-state index in [-0.39, 0.29) is 18.4 Å². The minimum atomic E-state index is -0.979. The molecule has 1 aliphatic heterocycles. The molecular formula is C31H27ClN2O4. The van der Waals surface area contributed by atoms with Crippen LogP contribution >= 0.6 is 11.6 Å². The number of furan rings is 1. The Morgan fingerprint density at radius 1 is 1.11 bits per heavy atom. The standard InChI is InChI=1S/C31H27ClN2O4/c1-18-29(19(2)38-33-18)31(36)27-17-23-14-20(8-11-26(23)37-27)15-28(35)34-13-12-22-16-24(32)9-10-25(22)30(34)21-6-4-3-5-7-21/h3-11,14,16-17,30-31,36H,12-13,15H2,1-2H3. The van der Waals surface area contributed by atoms with E-state index >= 15 is 0 Å². The second kappa shape index (κ2) is 9.78. The number of aryl methyl sites for hydroxylation is 2. The fourth-order valence-corrected chi connectivity index (χ4v) is 5.71. The third-order valence-electron chi connectivity index (χ3n) is 7.36. The number of amides is 1. The predicted molar refractivity (Wildman–Crippen MR) is 145 cm³/mol. The van der Waals surface area contributed by atoms with Crippen molar-refractivity contribution >= 4 is 28.5 Å². The molecule has 1 amide bonds. The molecule has 1 N–H and O–H groups in total. The summed E-state index contributed by atoms with van der Waals surface area (Å²) in [5, 5.41) is 16.4. The first kappa shape index (κ1) is 24.5. The third-order valence-corrected chi connectivity index (χ3v) is 7.59. The summed E-state index contributed by atoms with van der Waals surface area (Å²) in [4.78, 5) is 15.7. The number of hydrogen-bond acceptors (Lipinski definition) is 5. The molecule has 6 rings (SSSR count). The quantitative estimate of drug-likeness (QED) is 0.283. The van der Waals surface area contributed by atoms with Gasteiger partial charge < -0.3 is 18.9 Å². The fraction of sp³-hybridized carbons (Fsp3) is 0.226. The van der Waals surface area contributed by atoms with Crippen LogP contribution in [0.4, 0.5) is 0 Å². The van der Waals surface area contributed by atoms with Gasteiger partial charge >= 0.3 is 0 Å². The molecule has 2 aromatic heterocycles. The molecule has 0 radical (unpaired) electrons. The highest BCUT2D eigenvalue weighted by Crippen LogP contribution is 2.37. The Balaban J connectivity index is 1.28. The van der Waals surface area contributed by atoms with E-state index in [1.165, 1.54) is 5.56 Å². The van der Waals surface area contributed by atoms with Crippen LogP contribution in [-0.2, 0) is 17.6 Å². The topological polar surface area (TPSA) is 79.7 Å². The fourth-order valence-electron chi connectivity index (χ4n) is 5.52. The van der Waals surface area contributed by atoms with E-state index in [2.05, 4.69) is 17.3 Å². The van der Waals surface area contributed by atoms with Crippen LogP contribution in [0.1, 0.15) is 57.2 Å². The van der Waals surface area contributed by atoms with Crippen LogP contribution in [0.2, 0.25) is 5.02 Å². The van der Waals surface area contributed by atoms with Gasteiger partial charge in [-0.1, -0.05) is 59.2 Å². The number of aliphatic hydroxyl groups excluding tert-OH is 1. The molecule has 0 saturated carbocycles. The molecule has 3 aromatic carbocycles. The van der Waals surface area contributed by atoms with Crippen LogP contribution in [0.3, 0.4) is 0 Å². The first-order chi connectivity index (χ1) is 18.4. The molecule has 6 nitrogen and oxygen atoms in total. The van der Waals surface area contributed by atoms with Gasteiger partial charge in [-0.2, -0.15) is 0 Å². The van der Waals surface area contributed by atoms with Crippen molar-refractivity contribution < 1.29 is 18.8 Å². The molecule has 2 unspecified atom stereocenters. The number of benzene rings is 3. The minimum absolute atomic E-state index is 0.0540. The summed E-state index contributed by atoms with van der Waals surface area (Å²) in [6, 6.07) is 23.4. The zero-order chi connectivity index (χ0) is 26.4. The smallest absolute Gasteiger partial charge is 0.227 e. The molecule has 2 atom stereocenters. The summed E-state index contributed by atoms with van der Waals surface area (Å²) in [5.74, 6) is 1.02. The number of fused-ring (bicyclic) bond motifs is 2. The molecular weight excluding hydrogens is 500 g/mol. The van der Waals surface area contributed by atoms with Gasteiger partial charge in [0.1, 0.15) is 23.2 Å².